The van der Waals surface area contributed by atoms with Gasteiger partial charge in [-0.1, -0.05) is 0 Å². The topological polar surface area (TPSA) is 49.6 Å². The van der Waals surface area contributed by atoms with Crippen molar-refractivity contribution in [2.45, 2.75) is 30.8 Å². The van der Waals surface area contributed by atoms with Crippen molar-refractivity contribution in [1.29, 1.82) is 5.26 Å². The maximum atomic E-state index is 13.8. The first-order valence-electron chi connectivity index (χ1n) is 5.70. The van der Waals surface area contributed by atoms with E-state index in [4.69, 9.17) is 5.26 Å². The Labute approximate surface area is 115 Å². The van der Waals surface area contributed by atoms with Crippen LogP contribution in [0.25, 0.3) is 0 Å². The van der Waals surface area contributed by atoms with Gasteiger partial charge in [0.1, 0.15) is 5.82 Å². The summed E-state index contributed by atoms with van der Waals surface area (Å²) in [5.74, 6) is -0.427. The quantitative estimate of drug-likeness (QED) is 0.785. The van der Waals surface area contributed by atoms with E-state index in [0.29, 0.717) is 15.6 Å². The fraction of sp³-hybridized carbons (Fsp3) is 0.214. The predicted molar refractivity (Wildman–Crippen MR) is 71.5 cm³/mol. The summed E-state index contributed by atoms with van der Waals surface area (Å²) in [5, 5.41) is 9.22. The summed E-state index contributed by atoms with van der Waals surface area (Å²) < 4.78 is 13.8. The molecule has 1 aromatic heterocycles. The van der Waals surface area contributed by atoms with Gasteiger partial charge in [0.15, 0.2) is 5.16 Å². The molecule has 1 heterocycles. The Morgan fingerprint density at radius 2 is 1.79 bits per heavy atom. The molecule has 19 heavy (non-hydrogen) atoms. The molecule has 96 valence electrons. The molecule has 5 heteroatoms. The van der Waals surface area contributed by atoms with E-state index in [2.05, 4.69) is 9.97 Å². The lowest BCUT2D eigenvalue weighted by molar-refractivity contribution is 0.601. The normalized spacial score (nSPS) is 10.3. The lowest BCUT2D eigenvalue weighted by Gasteiger charge is -2.07. The lowest BCUT2D eigenvalue weighted by atomic mass is 10.2. The van der Waals surface area contributed by atoms with E-state index in [1.54, 1.807) is 12.1 Å². The third-order valence-corrected chi connectivity index (χ3v) is 3.79. The zero-order valence-corrected chi connectivity index (χ0v) is 11.7. The van der Waals surface area contributed by atoms with Crippen LogP contribution in [0.4, 0.5) is 4.39 Å². The molecular formula is C14H12FN3S. The van der Waals surface area contributed by atoms with E-state index >= 15 is 0 Å². The van der Waals surface area contributed by atoms with Gasteiger partial charge in [-0.3, -0.25) is 0 Å². The summed E-state index contributed by atoms with van der Waals surface area (Å²) in [6, 6.07) is 6.28. The largest absolute Gasteiger partial charge is 0.227 e. The van der Waals surface area contributed by atoms with Crippen molar-refractivity contribution in [2.75, 3.05) is 0 Å². The van der Waals surface area contributed by atoms with E-state index in [-0.39, 0.29) is 0 Å². The molecule has 0 bridgehead atoms. The number of rotatable bonds is 2. The molecule has 3 nitrogen and oxygen atoms in total. The van der Waals surface area contributed by atoms with Gasteiger partial charge in [0.05, 0.1) is 16.5 Å². The minimum absolute atomic E-state index is 0.305. The Kier molecular flexibility index (Phi) is 3.82. The van der Waals surface area contributed by atoms with Gasteiger partial charge in [-0.25, -0.2) is 14.4 Å². The summed E-state index contributed by atoms with van der Waals surface area (Å²) in [6.07, 6.45) is 0. The van der Waals surface area contributed by atoms with Crippen LogP contribution in [0.15, 0.2) is 28.3 Å². The van der Waals surface area contributed by atoms with Gasteiger partial charge in [0.25, 0.3) is 0 Å². The fourth-order valence-corrected chi connectivity index (χ4v) is 2.39. The van der Waals surface area contributed by atoms with Gasteiger partial charge >= 0.3 is 0 Å². The van der Waals surface area contributed by atoms with Crippen LogP contribution in [0.5, 0.6) is 0 Å². The molecule has 2 aromatic rings. The van der Waals surface area contributed by atoms with Gasteiger partial charge in [-0.15, -0.1) is 0 Å². The van der Waals surface area contributed by atoms with Crippen LogP contribution in [0.3, 0.4) is 0 Å². The number of nitrogens with zero attached hydrogens (tertiary/aromatic N) is 3. The molecule has 0 unspecified atom stereocenters. The van der Waals surface area contributed by atoms with Gasteiger partial charge < -0.3 is 0 Å². The Morgan fingerprint density at radius 3 is 2.32 bits per heavy atom. The summed E-state index contributed by atoms with van der Waals surface area (Å²) in [7, 11) is 0. The molecule has 0 fully saturated rings. The molecule has 0 radical (unpaired) electrons. The first-order valence-corrected chi connectivity index (χ1v) is 6.52. The van der Waals surface area contributed by atoms with Crippen LogP contribution >= 0.6 is 11.8 Å². The van der Waals surface area contributed by atoms with Crippen LogP contribution < -0.4 is 0 Å². The molecule has 0 saturated carbocycles. The summed E-state index contributed by atoms with van der Waals surface area (Å²) in [5.41, 5.74) is 3.14. The molecule has 0 atom stereocenters. The Balaban J connectivity index is 2.34. The first kappa shape index (κ1) is 13.5. The predicted octanol–water partition coefficient (Wildman–Crippen LogP) is 3.56. The highest BCUT2D eigenvalue weighted by atomic mass is 32.2. The second kappa shape index (κ2) is 5.37. The summed E-state index contributed by atoms with van der Waals surface area (Å²) in [6.45, 7) is 5.77. The van der Waals surface area contributed by atoms with Gasteiger partial charge in [0.2, 0.25) is 0 Å². The van der Waals surface area contributed by atoms with E-state index < -0.39 is 5.82 Å². The van der Waals surface area contributed by atoms with Crippen molar-refractivity contribution in [1.82, 2.24) is 9.97 Å². The Bertz CT molecular complexity index is 654. The monoisotopic (exact) mass is 273 g/mol. The lowest BCUT2D eigenvalue weighted by Crippen LogP contribution is -1.98. The summed E-state index contributed by atoms with van der Waals surface area (Å²) in [4.78, 5) is 9.08. The molecule has 0 amide bonds. The molecule has 0 N–H and O–H groups in total. The Hall–Kier alpha value is -1.93. The number of nitriles is 1. The van der Waals surface area contributed by atoms with Crippen LogP contribution in [0.2, 0.25) is 0 Å². The number of hydrogen-bond donors (Lipinski definition) is 0. The average Bonchev–Trinajstić information content (AvgIpc) is 2.38. The third kappa shape index (κ3) is 2.91. The van der Waals surface area contributed by atoms with E-state index in [1.807, 2.05) is 26.8 Å². The standard InChI is InChI=1S/C14H12FN3S/c1-8-9(2)17-14(18-10(8)3)19-13-5-4-11(7-16)6-12(13)15/h4-6H,1-3H3. The van der Waals surface area contributed by atoms with Crippen molar-refractivity contribution < 1.29 is 4.39 Å². The van der Waals surface area contributed by atoms with E-state index in [9.17, 15) is 4.39 Å². The number of halogens is 1. The Morgan fingerprint density at radius 1 is 1.16 bits per heavy atom. The van der Waals surface area contributed by atoms with Crippen molar-refractivity contribution in [3.05, 3.63) is 46.5 Å². The maximum Gasteiger partial charge on any atom is 0.192 e. The fourth-order valence-electron chi connectivity index (χ4n) is 1.54. The van der Waals surface area contributed by atoms with Crippen molar-refractivity contribution in [3.8, 4) is 6.07 Å². The van der Waals surface area contributed by atoms with Crippen LogP contribution in [0, 0.1) is 37.9 Å². The zero-order chi connectivity index (χ0) is 14.0. The minimum atomic E-state index is -0.427. The second-order valence-corrected chi connectivity index (χ2v) is 5.17. The highest BCUT2D eigenvalue weighted by molar-refractivity contribution is 7.99. The highest BCUT2D eigenvalue weighted by Crippen LogP contribution is 2.28. The second-order valence-electron chi connectivity index (χ2n) is 4.16. The molecule has 2 rings (SSSR count). The van der Waals surface area contributed by atoms with Gasteiger partial charge in [-0.05, 0) is 56.3 Å². The van der Waals surface area contributed by atoms with Crippen LogP contribution in [-0.2, 0) is 0 Å². The molecule has 1 aromatic carbocycles. The number of benzene rings is 1. The van der Waals surface area contributed by atoms with E-state index in [1.165, 1.54) is 6.07 Å². The smallest absolute Gasteiger partial charge is 0.192 e. The first-order chi connectivity index (χ1) is 9.01. The number of aromatic nitrogens is 2. The van der Waals surface area contributed by atoms with Gasteiger partial charge in [-0.2, -0.15) is 5.26 Å². The number of aryl methyl sites for hydroxylation is 2. The average molecular weight is 273 g/mol. The molecule has 0 aliphatic heterocycles. The molecule has 0 aliphatic rings. The highest BCUT2D eigenvalue weighted by Gasteiger charge is 2.10. The third-order valence-electron chi connectivity index (χ3n) is 2.87. The van der Waals surface area contributed by atoms with Crippen molar-refractivity contribution in [3.63, 3.8) is 0 Å². The molecule has 0 saturated heterocycles. The molecular weight excluding hydrogens is 261 g/mol. The van der Waals surface area contributed by atoms with Crippen LogP contribution in [0.1, 0.15) is 22.5 Å². The molecule has 0 spiro atoms. The maximum absolute atomic E-state index is 13.8. The van der Waals surface area contributed by atoms with Crippen LogP contribution in [-0.4, -0.2) is 9.97 Å². The zero-order valence-electron chi connectivity index (χ0n) is 10.9. The van der Waals surface area contributed by atoms with Gasteiger partial charge in [0, 0.05) is 11.4 Å². The van der Waals surface area contributed by atoms with E-state index in [0.717, 1.165) is 28.7 Å². The number of hydrogen-bond acceptors (Lipinski definition) is 4. The SMILES string of the molecule is Cc1nc(Sc2ccc(C#N)cc2F)nc(C)c1C. The van der Waals surface area contributed by atoms with Crippen molar-refractivity contribution >= 4 is 11.8 Å². The van der Waals surface area contributed by atoms with Crippen molar-refractivity contribution in [2.24, 2.45) is 0 Å². The molecule has 0 aliphatic carbocycles. The minimum Gasteiger partial charge on any atom is -0.227 e. The summed E-state index contributed by atoms with van der Waals surface area (Å²) >= 11 is 1.16.